The van der Waals surface area contributed by atoms with E-state index in [2.05, 4.69) is 6.07 Å². The van der Waals surface area contributed by atoms with Gasteiger partial charge in [-0.05, 0) is 43.4 Å². The summed E-state index contributed by atoms with van der Waals surface area (Å²) in [5.74, 6) is -1.11. The summed E-state index contributed by atoms with van der Waals surface area (Å²) >= 11 is 0. The predicted molar refractivity (Wildman–Crippen MR) is 88.7 cm³/mol. The number of benzene rings is 1. The summed E-state index contributed by atoms with van der Waals surface area (Å²) in [7, 11) is 2.58. The maximum Gasteiger partial charge on any atom is 0.323 e. The molecule has 0 amide bonds. The fraction of sp³-hybridized carbons (Fsp3) is 0.368. The van der Waals surface area contributed by atoms with Gasteiger partial charge < -0.3 is 9.47 Å². The van der Waals surface area contributed by atoms with Gasteiger partial charge in [-0.25, -0.2) is 0 Å². The van der Waals surface area contributed by atoms with E-state index < -0.39 is 17.4 Å². The van der Waals surface area contributed by atoms with E-state index in [1.165, 1.54) is 19.8 Å². The van der Waals surface area contributed by atoms with Gasteiger partial charge in [0.15, 0.2) is 5.41 Å². The van der Waals surface area contributed by atoms with E-state index in [1.54, 1.807) is 0 Å². The normalized spacial score (nSPS) is 17.8. The first kappa shape index (κ1) is 17.0. The first-order valence-corrected chi connectivity index (χ1v) is 7.54. The smallest absolute Gasteiger partial charge is 0.323 e. The molecular formula is C19H22O4. The van der Waals surface area contributed by atoms with E-state index >= 15 is 0 Å². The van der Waals surface area contributed by atoms with Gasteiger partial charge in [-0.1, -0.05) is 42.0 Å². The van der Waals surface area contributed by atoms with Gasteiger partial charge in [-0.2, -0.15) is 0 Å². The Bertz CT molecular complexity index is 667. The van der Waals surface area contributed by atoms with E-state index in [0.717, 1.165) is 16.7 Å². The van der Waals surface area contributed by atoms with Crippen LogP contribution in [0.25, 0.3) is 6.08 Å². The van der Waals surface area contributed by atoms with Crippen molar-refractivity contribution in [3.05, 3.63) is 52.6 Å². The van der Waals surface area contributed by atoms with Gasteiger partial charge in [0.2, 0.25) is 0 Å². The molecule has 1 aliphatic rings. The zero-order chi connectivity index (χ0) is 17.0. The Kier molecular flexibility index (Phi) is 5.04. The minimum absolute atomic E-state index is 0.274. The molecule has 0 aromatic heterocycles. The number of rotatable bonds is 3. The molecule has 0 aliphatic heterocycles. The molecule has 122 valence electrons. The summed E-state index contributed by atoms with van der Waals surface area (Å²) in [4.78, 5) is 24.4. The molecule has 1 aromatic rings. The highest BCUT2D eigenvalue weighted by Crippen LogP contribution is 2.38. The van der Waals surface area contributed by atoms with Crippen LogP contribution in [-0.4, -0.2) is 26.2 Å². The first-order valence-electron chi connectivity index (χ1n) is 7.54. The molecule has 0 spiro atoms. The predicted octanol–water partition coefficient (Wildman–Crippen LogP) is 3.37. The molecule has 2 rings (SSSR count). The second-order valence-electron chi connectivity index (χ2n) is 5.93. The molecule has 0 fully saturated rings. The molecule has 0 heterocycles. The molecule has 0 N–H and O–H groups in total. The minimum atomic E-state index is -1.29. The zero-order valence-corrected chi connectivity index (χ0v) is 14.0. The number of carbonyl (C=O) groups excluding carboxylic acids is 2. The van der Waals surface area contributed by atoms with Crippen LogP contribution in [0.15, 0.2) is 35.9 Å². The number of hydrogen-bond acceptors (Lipinski definition) is 4. The highest BCUT2D eigenvalue weighted by Gasteiger charge is 2.49. The summed E-state index contributed by atoms with van der Waals surface area (Å²) in [6, 6.07) is 6.19. The van der Waals surface area contributed by atoms with Crippen LogP contribution < -0.4 is 0 Å². The summed E-state index contributed by atoms with van der Waals surface area (Å²) < 4.78 is 9.71. The molecule has 1 aliphatic carbocycles. The lowest BCUT2D eigenvalue weighted by Gasteiger charge is -2.30. The van der Waals surface area contributed by atoms with Crippen LogP contribution in [0.2, 0.25) is 0 Å². The lowest BCUT2D eigenvalue weighted by Crippen LogP contribution is -2.42. The SMILES string of the molecule is COC(=O)C1(C(=O)OC)CC=C/C(=C\c2ccc(C)cc2C)C1. The average Bonchev–Trinajstić information content (AvgIpc) is 2.56. The van der Waals surface area contributed by atoms with Crippen molar-refractivity contribution in [2.45, 2.75) is 26.7 Å². The Morgan fingerprint density at radius 2 is 1.78 bits per heavy atom. The number of allylic oxidation sites excluding steroid dienone is 3. The van der Waals surface area contributed by atoms with Gasteiger partial charge in [0.05, 0.1) is 14.2 Å². The molecule has 0 saturated carbocycles. The number of methoxy groups -OCH3 is 2. The quantitative estimate of drug-likeness (QED) is 0.634. The van der Waals surface area contributed by atoms with Crippen LogP contribution in [-0.2, 0) is 19.1 Å². The largest absolute Gasteiger partial charge is 0.468 e. The van der Waals surface area contributed by atoms with Gasteiger partial charge in [-0.3, -0.25) is 9.59 Å². The highest BCUT2D eigenvalue weighted by atomic mass is 16.5. The standard InChI is InChI=1S/C19H22O4/c1-13-7-8-16(14(2)10-13)11-15-6-5-9-19(12-15,17(20)22-3)18(21)23-4/h5-8,10-11H,9,12H2,1-4H3/b15-11+. The third kappa shape index (κ3) is 3.36. The van der Waals surface area contributed by atoms with Crippen molar-refractivity contribution in [3.8, 4) is 0 Å². The van der Waals surface area contributed by atoms with Gasteiger partial charge in [0, 0.05) is 0 Å². The van der Waals surface area contributed by atoms with Crippen molar-refractivity contribution in [1.29, 1.82) is 0 Å². The fourth-order valence-corrected chi connectivity index (χ4v) is 2.96. The van der Waals surface area contributed by atoms with Crippen LogP contribution >= 0.6 is 0 Å². The molecule has 0 radical (unpaired) electrons. The zero-order valence-electron chi connectivity index (χ0n) is 14.0. The fourth-order valence-electron chi connectivity index (χ4n) is 2.96. The lowest BCUT2D eigenvalue weighted by atomic mass is 9.74. The first-order chi connectivity index (χ1) is 10.9. The van der Waals surface area contributed by atoms with Crippen LogP contribution in [0.4, 0.5) is 0 Å². The number of esters is 2. The molecule has 1 aromatic carbocycles. The summed E-state index contributed by atoms with van der Waals surface area (Å²) in [5, 5.41) is 0. The lowest BCUT2D eigenvalue weighted by molar-refractivity contribution is -0.169. The third-order valence-electron chi connectivity index (χ3n) is 4.22. The summed E-state index contributed by atoms with van der Waals surface area (Å²) in [6.07, 6.45) is 6.34. The van der Waals surface area contributed by atoms with Crippen molar-refractivity contribution in [2.24, 2.45) is 5.41 Å². The molecule has 0 atom stereocenters. The summed E-state index contributed by atoms with van der Waals surface area (Å²) in [6.45, 7) is 4.09. The van der Waals surface area contributed by atoms with Crippen LogP contribution in [0.3, 0.4) is 0 Å². The molecule has 0 saturated heterocycles. The number of hydrogen-bond donors (Lipinski definition) is 0. The van der Waals surface area contributed by atoms with Gasteiger partial charge >= 0.3 is 11.9 Å². The van der Waals surface area contributed by atoms with E-state index in [4.69, 9.17) is 9.47 Å². The Morgan fingerprint density at radius 1 is 1.13 bits per heavy atom. The molecule has 4 heteroatoms. The van der Waals surface area contributed by atoms with Gasteiger partial charge in [0.1, 0.15) is 0 Å². The Morgan fingerprint density at radius 3 is 2.35 bits per heavy atom. The Hall–Kier alpha value is -2.36. The average molecular weight is 314 g/mol. The number of carbonyl (C=O) groups is 2. The number of ether oxygens (including phenoxy) is 2. The molecule has 0 unspecified atom stereocenters. The minimum Gasteiger partial charge on any atom is -0.468 e. The van der Waals surface area contributed by atoms with E-state index in [0.29, 0.717) is 0 Å². The molecule has 4 nitrogen and oxygen atoms in total. The monoisotopic (exact) mass is 314 g/mol. The third-order valence-corrected chi connectivity index (χ3v) is 4.22. The molecule has 23 heavy (non-hydrogen) atoms. The Labute approximate surface area is 136 Å². The maximum absolute atomic E-state index is 12.2. The maximum atomic E-state index is 12.2. The van der Waals surface area contributed by atoms with E-state index in [-0.39, 0.29) is 12.8 Å². The van der Waals surface area contributed by atoms with Crippen molar-refractivity contribution in [3.63, 3.8) is 0 Å². The summed E-state index contributed by atoms with van der Waals surface area (Å²) in [5.41, 5.74) is 3.03. The second-order valence-corrected chi connectivity index (χ2v) is 5.93. The number of aryl methyl sites for hydroxylation is 2. The van der Waals surface area contributed by atoms with Gasteiger partial charge in [0.25, 0.3) is 0 Å². The van der Waals surface area contributed by atoms with Crippen molar-refractivity contribution >= 4 is 18.0 Å². The Balaban J connectivity index is 2.40. The second kappa shape index (κ2) is 6.82. The van der Waals surface area contributed by atoms with Crippen molar-refractivity contribution < 1.29 is 19.1 Å². The van der Waals surface area contributed by atoms with Crippen molar-refractivity contribution in [2.75, 3.05) is 14.2 Å². The topological polar surface area (TPSA) is 52.6 Å². The highest BCUT2D eigenvalue weighted by molar-refractivity contribution is 6.01. The van der Waals surface area contributed by atoms with Crippen LogP contribution in [0.5, 0.6) is 0 Å². The van der Waals surface area contributed by atoms with E-state index in [9.17, 15) is 9.59 Å². The van der Waals surface area contributed by atoms with Crippen LogP contribution in [0.1, 0.15) is 29.5 Å². The van der Waals surface area contributed by atoms with Gasteiger partial charge in [-0.15, -0.1) is 0 Å². The molecular weight excluding hydrogens is 292 g/mol. The molecule has 0 bridgehead atoms. The van der Waals surface area contributed by atoms with E-state index in [1.807, 2.05) is 44.2 Å². The van der Waals surface area contributed by atoms with Crippen molar-refractivity contribution in [1.82, 2.24) is 0 Å². The van der Waals surface area contributed by atoms with Crippen LogP contribution in [0, 0.1) is 19.3 Å².